The lowest BCUT2D eigenvalue weighted by Crippen LogP contribution is -2.46. The Bertz CT molecular complexity index is 504. The van der Waals surface area contributed by atoms with Gasteiger partial charge in [0.1, 0.15) is 4.99 Å². The first-order valence-corrected chi connectivity index (χ1v) is 7.91. The Labute approximate surface area is 124 Å². The van der Waals surface area contributed by atoms with Gasteiger partial charge in [0, 0.05) is 23.6 Å². The number of aromatic nitrogens is 2. The van der Waals surface area contributed by atoms with Crippen LogP contribution < -0.4 is 10.6 Å². The van der Waals surface area contributed by atoms with Crippen molar-refractivity contribution in [3.05, 3.63) is 16.8 Å². The van der Waals surface area contributed by atoms with Crippen LogP contribution in [0.1, 0.15) is 30.7 Å². The Balaban J connectivity index is 2.50. The molecule has 1 fully saturated rings. The normalized spacial score (nSPS) is 23.5. The van der Waals surface area contributed by atoms with E-state index in [2.05, 4.69) is 28.9 Å². The zero-order valence-electron chi connectivity index (χ0n) is 11.8. The molecule has 2 atom stereocenters. The van der Waals surface area contributed by atoms with Gasteiger partial charge in [0.05, 0.1) is 11.3 Å². The Morgan fingerprint density at radius 2 is 2.05 bits per heavy atom. The summed E-state index contributed by atoms with van der Waals surface area (Å²) in [6.07, 6.45) is 0. The van der Waals surface area contributed by atoms with Crippen LogP contribution in [-0.4, -0.2) is 38.8 Å². The third-order valence-corrected chi connectivity index (χ3v) is 5.38. The van der Waals surface area contributed by atoms with Gasteiger partial charge in [-0.15, -0.1) is 5.10 Å². The molecule has 2 unspecified atom stereocenters. The minimum Gasteiger partial charge on any atom is -0.389 e. The molecule has 1 aromatic rings. The number of hydrogen-bond acceptors (Lipinski definition) is 5. The molecule has 0 spiro atoms. The summed E-state index contributed by atoms with van der Waals surface area (Å²) in [5.41, 5.74) is 8.71. The van der Waals surface area contributed by atoms with E-state index in [-0.39, 0.29) is 0 Å². The van der Waals surface area contributed by atoms with E-state index in [9.17, 15) is 0 Å². The molecule has 0 radical (unpaired) electrons. The number of nitrogens with zero attached hydrogens (tertiary/aromatic N) is 3. The Hall–Kier alpha value is -0.880. The van der Waals surface area contributed by atoms with E-state index in [1.807, 2.05) is 25.6 Å². The maximum atomic E-state index is 5.90. The number of hydrogen-bond donors (Lipinski definition) is 1. The van der Waals surface area contributed by atoms with Gasteiger partial charge in [-0.1, -0.05) is 19.1 Å². The van der Waals surface area contributed by atoms with E-state index in [1.165, 1.54) is 0 Å². The summed E-state index contributed by atoms with van der Waals surface area (Å²) in [6, 6.07) is 0.406. The first-order chi connectivity index (χ1) is 8.93. The standard InChI is InChI=1S/C13H20N4S2/c1-7-8(2)15-16-13(11(7)12(14)18)17-5-6-19-10(4)9(17)3/h9-10H,5-6H2,1-4H3,(H2,14,18). The van der Waals surface area contributed by atoms with Gasteiger partial charge in [-0.25, -0.2) is 0 Å². The van der Waals surface area contributed by atoms with Crippen molar-refractivity contribution >= 4 is 34.8 Å². The molecule has 6 heteroatoms. The van der Waals surface area contributed by atoms with Gasteiger partial charge in [-0.05, 0) is 26.3 Å². The Kier molecular flexibility index (Phi) is 4.30. The van der Waals surface area contributed by atoms with Gasteiger partial charge in [0.2, 0.25) is 0 Å². The van der Waals surface area contributed by atoms with Crippen LogP contribution in [0.2, 0.25) is 0 Å². The highest BCUT2D eigenvalue weighted by Gasteiger charge is 2.29. The fourth-order valence-corrected chi connectivity index (χ4v) is 3.67. The van der Waals surface area contributed by atoms with Crippen molar-refractivity contribution in [2.75, 3.05) is 17.2 Å². The monoisotopic (exact) mass is 296 g/mol. The van der Waals surface area contributed by atoms with Crippen LogP contribution in [0.25, 0.3) is 0 Å². The van der Waals surface area contributed by atoms with Gasteiger partial charge in [0.25, 0.3) is 0 Å². The number of thiocarbonyl (C=S) groups is 1. The highest BCUT2D eigenvalue weighted by molar-refractivity contribution is 8.00. The van der Waals surface area contributed by atoms with Crippen molar-refractivity contribution in [1.82, 2.24) is 10.2 Å². The maximum absolute atomic E-state index is 5.90. The van der Waals surface area contributed by atoms with Crippen LogP contribution in [0.4, 0.5) is 5.82 Å². The fraction of sp³-hybridized carbons (Fsp3) is 0.615. The van der Waals surface area contributed by atoms with Gasteiger partial charge in [-0.3, -0.25) is 0 Å². The lowest BCUT2D eigenvalue weighted by atomic mass is 10.1. The molecule has 1 aliphatic rings. The largest absolute Gasteiger partial charge is 0.389 e. The molecule has 19 heavy (non-hydrogen) atoms. The first-order valence-electron chi connectivity index (χ1n) is 6.45. The highest BCUT2D eigenvalue weighted by atomic mass is 32.2. The molecule has 1 aromatic heterocycles. The molecule has 0 saturated carbocycles. The van der Waals surface area contributed by atoms with E-state index in [0.29, 0.717) is 16.3 Å². The molecule has 2 N–H and O–H groups in total. The molecule has 2 rings (SSSR count). The van der Waals surface area contributed by atoms with Crippen LogP contribution in [0.5, 0.6) is 0 Å². The van der Waals surface area contributed by atoms with Crippen molar-refractivity contribution in [2.24, 2.45) is 5.73 Å². The average molecular weight is 296 g/mol. The van der Waals surface area contributed by atoms with Gasteiger partial charge in [-0.2, -0.15) is 16.9 Å². The number of nitrogens with two attached hydrogens (primary N) is 1. The van der Waals surface area contributed by atoms with Crippen LogP contribution >= 0.6 is 24.0 Å². The van der Waals surface area contributed by atoms with E-state index >= 15 is 0 Å². The lowest BCUT2D eigenvalue weighted by Gasteiger charge is -2.39. The quantitative estimate of drug-likeness (QED) is 0.843. The van der Waals surface area contributed by atoms with Gasteiger partial charge in [0.15, 0.2) is 5.82 Å². The third kappa shape index (κ3) is 2.69. The SMILES string of the molecule is Cc1nnc(N2CCSC(C)C2C)c(C(N)=S)c1C. The van der Waals surface area contributed by atoms with Crippen molar-refractivity contribution in [2.45, 2.75) is 39.0 Å². The molecule has 2 heterocycles. The molecule has 104 valence electrons. The second-order valence-electron chi connectivity index (χ2n) is 4.98. The van der Waals surface area contributed by atoms with Crippen LogP contribution in [-0.2, 0) is 0 Å². The topological polar surface area (TPSA) is 55.0 Å². The minimum absolute atomic E-state index is 0.406. The molecular formula is C13H20N4S2. The molecule has 4 nitrogen and oxygen atoms in total. The van der Waals surface area contributed by atoms with Crippen molar-refractivity contribution in [1.29, 1.82) is 0 Å². The molecule has 0 aromatic carbocycles. The molecular weight excluding hydrogens is 276 g/mol. The Morgan fingerprint density at radius 1 is 1.37 bits per heavy atom. The van der Waals surface area contributed by atoms with Gasteiger partial charge < -0.3 is 10.6 Å². The molecule has 0 amide bonds. The summed E-state index contributed by atoms with van der Waals surface area (Å²) in [5, 5.41) is 9.18. The second-order valence-corrected chi connectivity index (χ2v) is 6.91. The van der Waals surface area contributed by atoms with E-state index < -0.39 is 0 Å². The van der Waals surface area contributed by atoms with Crippen molar-refractivity contribution in [3.8, 4) is 0 Å². The molecule has 0 aliphatic carbocycles. The molecule has 1 saturated heterocycles. The van der Waals surface area contributed by atoms with Gasteiger partial charge >= 0.3 is 0 Å². The lowest BCUT2D eigenvalue weighted by molar-refractivity contribution is 0.615. The van der Waals surface area contributed by atoms with Crippen LogP contribution in [0, 0.1) is 13.8 Å². The van der Waals surface area contributed by atoms with Crippen molar-refractivity contribution in [3.63, 3.8) is 0 Å². The summed E-state index contributed by atoms with van der Waals surface area (Å²) < 4.78 is 0. The first kappa shape index (κ1) is 14.5. The summed E-state index contributed by atoms with van der Waals surface area (Å²) in [7, 11) is 0. The van der Waals surface area contributed by atoms with E-state index in [4.69, 9.17) is 18.0 Å². The number of anilines is 1. The summed E-state index contributed by atoms with van der Waals surface area (Å²) in [5.74, 6) is 1.94. The summed E-state index contributed by atoms with van der Waals surface area (Å²) >= 11 is 7.20. The number of thioether (sulfide) groups is 1. The minimum atomic E-state index is 0.406. The second kappa shape index (κ2) is 5.63. The predicted molar refractivity (Wildman–Crippen MR) is 86.1 cm³/mol. The van der Waals surface area contributed by atoms with E-state index in [1.54, 1.807) is 0 Å². The number of aryl methyl sites for hydroxylation is 1. The third-order valence-electron chi connectivity index (χ3n) is 3.84. The highest BCUT2D eigenvalue weighted by Crippen LogP contribution is 2.31. The summed E-state index contributed by atoms with van der Waals surface area (Å²) in [6.45, 7) is 9.37. The summed E-state index contributed by atoms with van der Waals surface area (Å²) in [4.78, 5) is 2.69. The van der Waals surface area contributed by atoms with Crippen LogP contribution in [0.3, 0.4) is 0 Å². The van der Waals surface area contributed by atoms with Crippen LogP contribution in [0.15, 0.2) is 0 Å². The van der Waals surface area contributed by atoms with Crippen molar-refractivity contribution < 1.29 is 0 Å². The average Bonchev–Trinajstić information content (AvgIpc) is 2.35. The molecule has 0 bridgehead atoms. The maximum Gasteiger partial charge on any atom is 0.162 e. The predicted octanol–water partition coefficient (Wildman–Crippen LogP) is 2.06. The van der Waals surface area contributed by atoms with E-state index in [0.717, 1.165) is 34.9 Å². The molecule has 1 aliphatic heterocycles. The zero-order chi connectivity index (χ0) is 14.2. The smallest absolute Gasteiger partial charge is 0.162 e. The zero-order valence-corrected chi connectivity index (χ0v) is 13.4. The fourth-order valence-electron chi connectivity index (χ4n) is 2.32. The number of rotatable bonds is 2. The Morgan fingerprint density at radius 3 is 2.68 bits per heavy atom.